The van der Waals surface area contributed by atoms with Crippen LogP contribution >= 0.6 is 0 Å². The van der Waals surface area contributed by atoms with Crippen LogP contribution in [0.3, 0.4) is 0 Å². The van der Waals surface area contributed by atoms with E-state index in [0.717, 1.165) is 19.6 Å². The van der Waals surface area contributed by atoms with Crippen molar-refractivity contribution in [2.45, 2.75) is 6.54 Å². The Morgan fingerprint density at radius 1 is 1.17 bits per heavy atom. The zero-order chi connectivity index (χ0) is 16.4. The summed E-state index contributed by atoms with van der Waals surface area (Å²) in [7, 11) is -3.16. The lowest BCUT2D eigenvalue weighted by Gasteiger charge is -2.41. The van der Waals surface area contributed by atoms with Crippen molar-refractivity contribution in [1.82, 2.24) is 19.1 Å². The Hall–Kier alpha value is -1.51. The third-order valence-corrected chi connectivity index (χ3v) is 5.74. The van der Waals surface area contributed by atoms with E-state index < -0.39 is 10.0 Å². The van der Waals surface area contributed by atoms with Gasteiger partial charge >= 0.3 is 0 Å². The van der Waals surface area contributed by atoms with Crippen LogP contribution in [0, 0.1) is 5.92 Å². The molecule has 1 aromatic heterocycles. The van der Waals surface area contributed by atoms with Crippen LogP contribution in [0.15, 0.2) is 24.5 Å². The van der Waals surface area contributed by atoms with Crippen LogP contribution in [0.5, 0.6) is 0 Å². The lowest BCUT2D eigenvalue weighted by molar-refractivity contribution is -0.140. The number of amides is 1. The molecule has 2 saturated heterocycles. The van der Waals surface area contributed by atoms with Crippen molar-refractivity contribution in [1.29, 1.82) is 0 Å². The summed E-state index contributed by atoms with van der Waals surface area (Å²) >= 11 is 0. The van der Waals surface area contributed by atoms with Crippen molar-refractivity contribution in [3.05, 3.63) is 30.1 Å². The fraction of sp³-hybridized carbons (Fsp3) is 0.600. The molecular formula is C15H22N4O3S. The van der Waals surface area contributed by atoms with Crippen molar-refractivity contribution in [3.63, 3.8) is 0 Å². The molecule has 0 spiro atoms. The Morgan fingerprint density at radius 2 is 1.78 bits per heavy atom. The highest BCUT2D eigenvalue weighted by Crippen LogP contribution is 2.21. The third-order valence-electron chi connectivity index (χ3n) is 4.51. The maximum Gasteiger partial charge on any atom is 0.228 e. The minimum atomic E-state index is -3.16. The third kappa shape index (κ3) is 3.88. The minimum Gasteiger partial charge on any atom is -0.340 e. The number of carbonyl (C=O) groups excluding carboxylic acids is 1. The number of hydrogen-bond acceptors (Lipinski definition) is 5. The largest absolute Gasteiger partial charge is 0.340 e. The van der Waals surface area contributed by atoms with Crippen LogP contribution in [0.4, 0.5) is 0 Å². The van der Waals surface area contributed by atoms with Gasteiger partial charge in [0, 0.05) is 58.2 Å². The van der Waals surface area contributed by atoms with Gasteiger partial charge in [-0.1, -0.05) is 0 Å². The number of rotatable bonds is 4. The van der Waals surface area contributed by atoms with Crippen molar-refractivity contribution < 1.29 is 13.2 Å². The molecule has 3 heterocycles. The Bertz CT molecular complexity index is 651. The van der Waals surface area contributed by atoms with Gasteiger partial charge in [-0.15, -0.1) is 0 Å². The van der Waals surface area contributed by atoms with E-state index in [1.165, 1.54) is 16.1 Å². The molecule has 126 valence electrons. The van der Waals surface area contributed by atoms with Gasteiger partial charge in [-0.3, -0.25) is 14.7 Å². The summed E-state index contributed by atoms with van der Waals surface area (Å²) in [5.41, 5.74) is 1.22. The Morgan fingerprint density at radius 3 is 2.35 bits per heavy atom. The van der Waals surface area contributed by atoms with Gasteiger partial charge < -0.3 is 4.90 Å². The maximum absolute atomic E-state index is 12.4. The first kappa shape index (κ1) is 16.4. The summed E-state index contributed by atoms with van der Waals surface area (Å²) in [6.45, 7) is 4.63. The normalized spacial score (nSPS) is 21.2. The fourth-order valence-electron chi connectivity index (χ4n) is 3.00. The van der Waals surface area contributed by atoms with E-state index in [4.69, 9.17) is 0 Å². The van der Waals surface area contributed by atoms with E-state index in [2.05, 4.69) is 9.88 Å². The van der Waals surface area contributed by atoms with Gasteiger partial charge in [0.2, 0.25) is 15.9 Å². The van der Waals surface area contributed by atoms with Crippen LogP contribution in [-0.4, -0.2) is 78.9 Å². The van der Waals surface area contributed by atoms with Gasteiger partial charge in [-0.05, 0) is 17.7 Å². The van der Waals surface area contributed by atoms with Crippen molar-refractivity contribution in [3.8, 4) is 0 Å². The monoisotopic (exact) mass is 338 g/mol. The van der Waals surface area contributed by atoms with Crippen LogP contribution in [-0.2, 0) is 21.4 Å². The maximum atomic E-state index is 12.4. The van der Waals surface area contributed by atoms with Gasteiger partial charge in [-0.2, -0.15) is 0 Å². The Labute approximate surface area is 136 Å². The zero-order valence-corrected chi connectivity index (χ0v) is 14.1. The first-order valence-corrected chi connectivity index (χ1v) is 9.63. The highest BCUT2D eigenvalue weighted by molar-refractivity contribution is 7.88. The molecule has 0 saturated carbocycles. The summed E-state index contributed by atoms with van der Waals surface area (Å²) in [6.07, 6.45) is 4.77. The van der Waals surface area contributed by atoms with Gasteiger partial charge in [0.05, 0.1) is 12.2 Å². The first-order chi connectivity index (χ1) is 10.9. The van der Waals surface area contributed by atoms with Crippen molar-refractivity contribution in [2.24, 2.45) is 5.92 Å². The molecule has 23 heavy (non-hydrogen) atoms. The number of pyridine rings is 1. The second-order valence-corrected chi connectivity index (χ2v) is 8.22. The van der Waals surface area contributed by atoms with Crippen LogP contribution in [0.1, 0.15) is 5.56 Å². The van der Waals surface area contributed by atoms with Crippen molar-refractivity contribution >= 4 is 15.9 Å². The van der Waals surface area contributed by atoms with Crippen molar-refractivity contribution in [2.75, 3.05) is 45.5 Å². The smallest absolute Gasteiger partial charge is 0.228 e. The molecule has 0 unspecified atom stereocenters. The van der Waals surface area contributed by atoms with E-state index in [1.807, 2.05) is 17.0 Å². The first-order valence-electron chi connectivity index (χ1n) is 7.78. The molecule has 3 rings (SSSR count). The van der Waals surface area contributed by atoms with Gasteiger partial charge in [0.15, 0.2) is 0 Å². The minimum absolute atomic E-state index is 0.0912. The summed E-state index contributed by atoms with van der Waals surface area (Å²) in [5, 5.41) is 0. The second-order valence-electron chi connectivity index (χ2n) is 6.23. The van der Waals surface area contributed by atoms with E-state index in [-0.39, 0.29) is 11.8 Å². The SMILES string of the molecule is CS(=O)(=O)N1CC(C(=O)N2CCN(Cc3ccncc3)CC2)C1. The molecule has 0 aliphatic carbocycles. The Kier molecular flexibility index (Phi) is 4.65. The number of nitrogens with zero attached hydrogens (tertiary/aromatic N) is 4. The van der Waals surface area contributed by atoms with Crippen LogP contribution in [0.25, 0.3) is 0 Å². The molecule has 0 aromatic carbocycles. The molecule has 8 heteroatoms. The summed E-state index contributed by atoms with van der Waals surface area (Å²) in [4.78, 5) is 20.6. The number of aromatic nitrogens is 1. The molecule has 1 amide bonds. The highest BCUT2D eigenvalue weighted by atomic mass is 32.2. The van der Waals surface area contributed by atoms with E-state index >= 15 is 0 Å². The van der Waals surface area contributed by atoms with Gasteiger partial charge in [-0.25, -0.2) is 12.7 Å². The quantitative estimate of drug-likeness (QED) is 0.748. The Balaban J connectivity index is 1.45. The standard InChI is InChI=1S/C15H22N4O3S/c1-23(21,22)19-11-14(12-19)15(20)18-8-6-17(7-9-18)10-13-2-4-16-5-3-13/h2-5,14H,6-12H2,1H3. The molecule has 7 nitrogen and oxygen atoms in total. The molecule has 2 fully saturated rings. The topological polar surface area (TPSA) is 73.8 Å². The number of piperazine rings is 1. The second kappa shape index (κ2) is 6.54. The average Bonchev–Trinajstić information content (AvgIpc) is 2.46. The number of hydrogen-bond donors (Lipinski definition) is 0. The predicted octanol–water partition coefficient (Wildman–Crippen LogP) is -0.383. The summed E-state index contributed by atoms with van der Waals surface area (Å²) in [6, 6.07) is 4.01. The number of carbonyl (C=O) groups is 1. The molecule has 0 radical (unpaired) electrons. The molecule has 1 aromatic rings. The lowest BCUT2D eigenvalue weighted by Crippen LogP contribution is -2.58. The predicted molar refractivity (Wildman–Crippen MR) is 86.0 cm³/mol. The van der Waals surface area contributed by atoms with Crippen LogP contribution in [0.2, 0.25) is 0 Å². The summed E-state index contributed by atoms with van der Waals surface area (Å²) in [5.74, 6) is -0.0788. The van der Waals surface area contributed by atoms with E-state index in [0.29, 0.717) is 26.2 Å². The molecule has 0 N–H and O–H groups in total. The number of sulfonamides is 1. The highest BCUT2D eigenvalue weighted by Gasteiger charge is 2.40. The molecular weight excluding hydrogens is 316 g/mol. The van der Waals surface area contributed by atoms with Gasteiger partial charge in [0.1, 0.15) is 0 Å². The molecule has 2 aliphatic rings. The molecule has 2 aliphatic heterocycles. The van der Waals surface area contributed by atoms with Gasteiger partial charge in [0.25, 0.3) is 0 Å². The molecule has 0 bridgehead atoms. The molecule has 0 atom stereocenters. The van der Waals surface area contributed by atoms with E-state index in [9.17, 15) is 13.2 Å². The fourth-order valence-corrected chi connectivity index (χ4v) is 3.90. The summed E-state index contributed by atoms with van der Waals surface area (Å²) < 4.78 is 24.1. The average molecular weight is 338 g/mol. The lowest BCUT2D eigenvalue weighted by atomic mass is 10.0. The van der Waals surface area contributed by atoms with E-state index in [1.54, 1.807) is 12.4 Å². The zero-order valence-electron chi connectivity index (χ0n) is 13.3. The van der Waals surface area contributed by atoms with Crippen LogP contribution < -0.4 is 0 Å².